The number of thioether (sulfide) groups is 1. The molecule has 0 bridgehead atoms. The summed E-state index contributed by atoms with van der Waals surface area (Å²) >= 11 is 8.03. The topological polar surface area (TPSA) is 72.9 Å². The second-order valence-corrected chi connectivity index (χ2v) is 8.65. The number of rotatable bonds is 7. The van der Waals surface area contributed by atoms with Gasteiger partial charge >= 0.3 is 0 Å². The predicted molar refractivity (Wildman–Crippen MR) is 121 cm³/mol. The fourth-order valence-electron chi connectivity index (χ4n) is 3.64. The van der Waals surface area contributed by atoms with E-state index in [1.807, 2.05) is 59.2 Å². The number of aromatic nitrogens is 5. The first-order chi connectivity index (χ1) is 15.3. The third-order valence-electron chi connectivity index (χ3n) is 5.13. The number of hydrogen-bond acceptors (Lipinski definition) is 7. The van der Waals surface area contributed by atoms with E-state index in [4.69, 9.17) is 16.0 Å². The summed E-state index contributed by atoms with van der Waals surface area (Å²) in [4.78, 5) is 2.26. The molecule has 4 aromatic rings. The zero-order valence-electron chi connectivity index (χ0n) is 16.8. The van der Waals surface area contributed by atoms with Crippen molar-refractivity contribution in [3.63, 3.8) is 0 Å². The van der Waals surface area contributed by atoms with E-state index in [9.17, 15) is 0 Å². The molecule has 9 heteroatoms. The van der Waals surface area contributed by atoms with Gasteiger partial charge in [-0.15, -0.1) is 20.4 Å². The fraction of sp³-hybridized carbons (Fsp3) is 0.273. The van der Waals surface area contributed by atoms with Gasteiger partial charge in [-0.3, -0.25) is 4.57 Å². The quantitative estimate of drug-likeness (QED) is 0.373. The van der Waals surface area contributed by atoms with Crippen LogP contribution in [0.4, 0.5) is 5.95 Å². The van der Waals surface area contributed by atoms with Crippen molar-refractivity contribution in [2.45, 2.75) is 30.2 Å². The lowest BCUT2D eigenvalue weighted by Crippen LogP contribution is -2.22. The highest BCUT2D eigenvalue weighted by Gasteiger charge is 2.24. The van der Waals surface area contributed by atoms with E-state index in [-0.39, 0.29) is 0 Å². The Morgan fingerprint density at radius 3 is 2.42 bits per heavy atom. The first kappa shape index (κ1) is 20.1. The Morgan fingerprint density at radius 2 is 1.61 bits per heavy atom. The van der Waals surface area contributed by atoms with Crippen LogP contribution in [0.3, 0.4) is 0 Å². The highest BCUT2D eigenvalue weighted by Crippen LogP contribution is 2.32. The van der Waals surface area contributed by atoms with Crippen LogP contribution in [0, 0.1) is 0 Å². The van der Waals surface area contributed by atoms with E-state index in [2.05, 4.69) is 25.3 Å². The lowest BCUT2D eigenvalue weighted by molar-refractivity contribution is 0.474. The van der Waals surface area contributed by atoms with Gasteiger partial charge in [0.25, 0.3) is 0 Å². The second-order valence-electron chi connectivity index (χ2n) is 7.30. The van der Waals surface area contributed by atoms with E-state index in [0.29, 0.717) is 29.0 Å². The zero-order chi connectivity index (χ0) is 21.0. The molecule has 0 N–H and O–H groups in total. The highest BCUT2D eigenvalue weighted by molar-refractivity contribution is 7.98. The summed E-state index contributed by atoms with van der Waals surface area (Å²) in [6.45, 7) is 1.94. The maximum absolute atomic E-state index is 6.52. The summed E-state index contributed by atoms with van der Waals surface area (Å²) in [5, 5.41) is 18.7. The van der Waals surface area contributed by atoms with Gasteiger partial charge in [-0.2, -0.15) is 0 Å². The molecule has 0 unspecified atom stereocenters. The van der Waals surface area contributed by atoms with Gasteiger partial charge in [-0.05, 0) is 30.5 Å². The van der Waals surface area contributed by atoms with Crippen molar-refractivity contribution in [1.29, 1.82) is 0 Å². The van der Waals surface area contributed by atoms with E-state index >= 15 is 0 Å². The summed E-state index contributed by atoms with van der Waals surface area (Å²) in [5.74, 6) is 2.49. The highest BCUT2D eigenvalue weighted by atomic mass is 35.5. The van der Waals surface area contributed by atoms with Crippen LogP contribution in [0.5, 0.6) is 0 Å². The molecule has 0 atom stereocenters. The first-order valence-electron chi connectivity index (χ1n) is 10.2. The maximum atomic E-state index is 6.52. The van der Waals surface area contributed by atoms with E-state index in [0.717, 1.165) is 48.3 Å². The Balaban J connectivity index is 1.37. The number of anilines is 1. The maximum Gasteiger partial charge on any atom is 0.232 e. The van der Waals surface area contributed by atoms with Gasteiger partial charge in [0.05, 0.1) is 22.9 Å². The standard InChI is InChI=1S/C22H21ClN6OS/c23-17-10-4-5-11-18(17)29-21(28-12-6-7-13-28)26-27-22(29)31-15-20-25-24-19(30-20)14-16-8-2-1-3-9-16/h1-5,8-11H,6-7,12-15H2. The van der Waals surface area contributed by atoms with Crippen LogP contribution >= 0.6 is 23.4 Å². The molecule has 0 amide bonds. The number of hydrogen-bond donors (Lipinski definition) is 0. The van der Waals surface area contributed by atoms with Crippen molar-refractivity contribution in [1.82, 2.24) is 25.0 Å². The lowest BCUT2D eigenvalue weighted by atomic mass is 10.2. The van der Waals surface area contributed by atoms with Crippen molar-refractivity contribution in [2.75, 3.05) is 18.0 Å². The van der Waals surface area contributed by atoms with Crippen LogP contribution in [0.1, 0.15) is 30.2 Å². The van der Waals surface area contributed by atoms with Crippen LogP contribution in [-0.2, 0) is 12.2 Å². The monoisotopic (exact) mass is 452 g/mol. The van der Waals surface area contributed by atoms with Crippen molar-refractivity contribution < 1.29 is 4.42 Å². The van der Waals surface area contributed by atoms with Crippen molar-refractivity contribution in [2.24, 2.45) is 0 Å². The van der Waals surface area contributed by atoms with Crippen LogP contribution < -0.4 is 4.90 Å². The summed E-state index contributed by atoms with van der Waals surface area (Å²) in [6.07, 6.45) is 2.93. The van der Waals surface area contributed by atoms with Gasteiger partial charge in [0, 0.05) is 13.1 Å². The summed E-state index contributed by atoms with van der Waals surface area (Å²) < 4.78 is 7.88. The SMILES string of the molecule is Clc1ccccc1-n1c(SCc2nnc(Cc3ccccc3)o2)nnc1N1CCCC1. The minimum absolute atomic E-state index is 0.504. The van der Waals surface area contributed by atoms with Gasteiger partial charge in [0.1, 0.15) is 0 Å². The molecule has 0 spiro atoms. The molecule has 31 heavy (non-hydrogen) atoms. The molecule has 1 aliphatic rings. The number of nitrogens with zero attached hydrogens (tertiary/aromatic N) is 6. The van der Waals surface area contributed by atoms with Gasteiger partial charge in [0.15, 0.2) is 5.16 Å². The Labute approximate surface area is 189 Å². The first-order valence-corrected chi connectivity index (χ1v) is 11.6. The Kier molecular flexibility index (Phi) is 5.90. The molecule has 2 aromatic carbocycles. The summed E-state index contributed by atoms with van der Waals surface area (Å²) in [6, 6.07) is 17.8. The van der Waals surface area contributed by atoms with E-state index in [1.165, 1.54) is 11.8 Å². The molecule has 1 saturated heterocycles. The van der Waals surface area contributed by atoms with Crippen LogP contribution in [-0.4, -0.2) is 38.1 Å². The minimum Gasteiger partial charge on any atom is -0.424 e. The average molecular weight is 453 g/mol. The molecule has 2 aromatic heterocycles. The van der Waals surface area contributed by atoms with Crippen molar-refractivity contribution in [3.05, 3.63) is 77.0 Å². The Morgan fingerprint density at radius 1 is 0.871 bits per heavy atom. The smallest absolute Gasteiger partial charge is 0.232 e. The van der Waals surface area contributed by atoms with Gasteiger partial charge < -0.3 is 9.32 Å². The second kappa shape index (κ2) is 9.11. The van der Waals surface area contributed by atoms with Gasteiger partial charge in [-0.25, -0.2) is 0 Å². The minimum atomic E-state index is 0.504. The number of halogens is 1. The normalized spacial score (nSPS) is 13.8. The molecule has 0 saturated carbocycles. The van der Waals surface area contributed by atoms with Crippen LogP contribution in [0.15, 0.2) is 64.2 Å². The molecule has 1 fully saturated rings. The molecular formula is C22H21ClN6OS. The van der Waals surface area contributed by atoms with Crippen LogP contribution in [0.2, 0.25) is 5.02 Å². The molecule has 3 heterocycles. The summed E-state index contributed by atoms with van der Waals surface area (Å²) in [5.41, 5.74) is 2.01. The van der Waals surface area contributed by atoms with E-state index < -0.39 is 0 Å². The van der Waals surface area contributed by atoms with Crippen molar-refractivity contribution in [3.8, 4) is 5.69 Å². The molecule has 0 aliphatic carbocycles. The van der Waals surface area contributed by atoms with Crippen LogP contribution in [0.25, 0.3) is 5.69 Å². The third kappa shape index (κ3) is 4.45. The van der Waals surface area contributed by atoms with Gasteiger partial charge in [-0.1, -0.05) is 65.8 Å². The molecule has 7 nitrogen and oxygen atoms in total. The largest absolute Gasteiger partial charge is 0.424 e. The number of para-hydroxylation sites is 1. The number of benzene rings is 2. The van der Waals surface area contributed by atoms with Crippen molar-refractivity contribution >= 4 is 29.3 Å². The molecule has 158 valence electrons. The predicted octanol–water partition coefficient (Wildman–Crippen LogP) is 4.79. The molecular weight excluding hydrogens is 432 g/mol. The fourth-order valence-corrected chi connectivity index (χ4v) is 4.63. The Bertz CT molecular complexity index is 1160. The third-order valence-corrected chi connectivity index (χ3v) is 6.36. The van der Waals surface area contributed by atoms with E-state index in [1.54, 1.807) is 0 Å². The molecule has 5 rings (SSSR count). The van der Waals surface area contributed by atoms with Gasteiger partial charge in [0.2, 0.25) is 17.7 Å². The lowest BCUT2D eigenvalue weighted by Gasteiger charge is -2.18. The molecule has 0 radical (unpaired) electrons. The average Bonchev–Trinajstić information content (AvgIpc) is 3.54. The zero-order valence-corrected chi connectivity index (χ0v) is 18.4. The Hall–Kier alpha value is -2.84. The summed E-state index contributed by atoms with van der Waals surface area (Å²) in [7, 11) is 0. The molecule has 1 aliphatic heterocycles.